The molecular weight excluding hydrogens is 744 g/mol. The van der Waals surface area contributed by atoms with Crippen LogP contribution in [0, 0.1) is 0 Å². The highest BCUT2D eigenvalue weighted by atomic mass is 31.2. The maximum atomic E-state index is 12.8. The second-order valence-corrected chi connectivity index (χ2v) is 19.6. The van der Waals surface area contributed by atoms with Crippen molar-refractivity contribution >= 4 is 13.7 Å². The molecule has 0 fully saturated rings. The fourth-order valence-electron chi connectivity index (χ4n) is 7.23. The van der Waals surface area contributed by atoms with Crippen LogP contribution in [-0.2, 0) is 18.4 Å². The number of likely N-dealkylation sites (N-methyl/N-ethyl adjacent to an activating group) is 1. The summed E-state index contributed by atoms with van der Waals surface area (Å²) >= 11 is 0. The third kappa shape index (κ3) is 43.1. The van der Waals surface area contributed by atoms with E-state index in [2.05, 4.69) is 31.3 Å². The first kappa shape index (κ1) is 57.0. The van der Waals surface area contributed by atoms with Crippen molar-refractivity contribution < 1.29 is 32.9 Å². The molecule has 0 rings (SSSR count). The number of carbonyl (C=O) groups excluding carboxylic acids is 1. The minimum absolute atomic E-state index is 0.0579. The summed E-state index contributed by atoms with van der Waals surface area (Å²) in [6, 6.07) is -0.857. The van der Waals surface area contributed by atoms with Gasteiger partial charge in [0.25, 0.3) is 0 Å². The van der Waals surface area contributed by atoms with Gasteiger partial charge in [-0.1, -0.05) is 218 Å². The van der Waals surface area contributed by atoms with Gasteiger partial charge in [0.15, 0.2) is 0 Å². The smallest absolute Gasteiger partial charge is 0.387 e. The number of phosphoric acid groups is 1. The van der Waals surface area contributed by atoms with Crippen molar-refractivity contribution in [2.75, 3.05) is 40.9 Å². The zero-order valence-electron chi connectivity index (χ0n) is 39.0. The molecule has 0 spiro atoms. The van der Waals surface area contributed by atoms with Crippen LogP contribution in [0.1, 0.15) is 232 Å². The van der Waals surface area contributed by atoms with E-state index in [4.69, 9.17) is 9.05 Å². The highest BCUT2D eigenvalue weighted by molar-refractivity contribution is 7.47. The van der Waals surface area contributed by atoms with E-state index < -0.39 is 20.0 Å². The summed E-state index contributed by atoms with van der Waals surface area (Å²) in [5.74, 6) is -0.191. The van der Waals surface area contributed by atoms with Crippen LogP contribution in [0.5, 0.6) is 0 Å². The van der Waals surface area contributed by atoms with Crippen LogP contribution < -0.4 is 5.32 Å². The molecule has 0 aliphatic rings. The molecule has 0 aromatic rings. The summed E-state index contributed by atoms with van der Waals surface area (Å²) in [7, 11) is 1.56. The van der Waals surface area contributed by atoms with E-state index in [-0.39, 0.29) is 19.1 Å². The third-order valence-corrected chi connectivity index (χ3v) is 12.2. The van der Waals surface area contributed by atoms with E-state index in [1.807, 2.05) is 27.2 Å². The van der Waals surface area contributed by atoms with Gasteiger partial charge in [-0.05, 0) is 32.1 Å². The van der Waals surface area contributed by atoms with Crippen LogP contribution in [0.4, 0.5) is 0 Å². The first-order chi connectivity index (χ1) is 28.0. The predicted octanol–water partition coefficient (Wildman–Crippen LogP) is 14.1. The van der Waals surface area contributed by atoms with Crippen molar-refractivity contribution in [1.82, 2.24) is 5.32 Å². The Labute approximate surface area is 360 Å². The summed E-state index contributed by atoms with van der Waals surface area (Å²) in [6.45, 7) is 4.77. The number of phosphoric ester groups is 1. The number of unbranched alkanes of at least 4 members (excludes halogenated alkanes) is 30. The lowest BCUT2D eigenvalue weighted by molar-refractivity contribution is -0.870. The maximum Gasteiger partial charge on any atom is 0.472 e. The van der Waals surface area contributed by atoms with Crippen LogP contribution in [0.2, 0.25) is 0 Å². The monoisotopic (exact) mass is 842 g/mol. The molecule has 3 unspecified atom stereocenters. The molecule has 0 aliphatic heterocycles. The molecular formula is C49H98N2O6P+. The Hall–Kier alpha value is -1.02. The van der Waals surface area contributed by atoms with Crippen LogP contribution in [0.3, 0.4) is 0 Å². The highest BCUT2D eigenvalue weighted by Gasteiger charge is 2.27. The van der Waals surface area contributed by atoms with Gasteiger partial charge in [0.2, 0.25) is 5.91 Å². The quantitative estimate of drug-likeness (QED) is 0.0244. The van der Waals surface area contributed by atoms with E-state index >= 15 is 0 Å². The van der Waals surface area contributed by atoms with Crippen molar-refractivity contribution in [2.45, 2.75) is 244 Å². The van der Waals surface area contributed by atoms with Crippen molar-refractivity contribution in [3.8, 4) is 0 Å². The molecule has 1 amide bonds. The number of allylic oxidation sites excluding steroid dienone is 3. The van der Waals surface area contributed by atoms with Crippen molar-refractivity contribution in [3.63, 3.8) is 0 Å². The standard InChI is InChI=1S/C49H97N2O6P/c1-6-8-10-12-14-16-17-18-19-20-21-22-23-24-25-26-27-28-29-30-31-32-33-34-35-36-38-40-42-48(52)47(46-57-58(54,55)56-45-44-51(3,4)5)50-49(53)43-41-39-37-15-13-11-9-7-2/h34-35,40,42,47-48,52H,6-33,36-39,41,43-46H2,1-5H3,(H-,50,53,54,55)/p+1/b35-34+,42-40+. The molecule has 0 aliphatic carbocycles. The Morgan fingerprint density at radius 1 is 0.569 bits per heavy atom. The number of amides is 1. The van der Waals surface area contributed by atoms with Crippen molar-refractivity contribution in [1.29, 1.82) is 0 Å². The summed E-state index contributed by atoms with van der Waals surface area (Å²) in [6.07, 6.45) is 50.1. The van der Waals surface area contributed by atoms with E-state index in [0.29, 0.717) is 17.4 Å². The van der Waals surface area contributed by atoms with Crippen LogP contribution >= 0.6 is 7.82 Å². The lowest BCUT2D eigenvalue weighted by Gasteiger charge is -2.25. The first-order valence-corrected chi connectivity index (χ1v) is 26.2. The molecule has 0 aromatic carbocycles. The van der Waals surface area contributed by atoms with Gasteiger partial charge in [-0.2, -0.15) is 0 Å². The van der Waals surface area contributed by atoms with Gasteiger partial charge in [0.1, 0.15) is 13.2 Å². The first-order valence-electron chi connectivity index (χ1n) is 24.7. The summed E-state index contributed by atoms with van der Waals surface area (Å²) < 4.78 is 23.5. The molecule has 0 saturated carbocycles. The van der Waals surface area contributed by atoms with Gasteiger partial charge in [-0.15, -0.1) is 0 Å². The van der Waals surface area contributed by atoms with Crippen LogP contribution in [0.15, 0.2) is 24.3 Å². The van der Waals surface area contributed by atoms with E-state index in [9.17, 15) is 19.4 Å². The molecule has 3 atom stereocenters. The molecule has 0 saturated heterocycles. The van der Waals surface area contributed by atoms with E-state index in [1.165, 1.54) is 173 Å². The van der Waals surface area contributed by atoms with Gasteiger partial charge >= 0.3 is 7.82 Å². The van der Waals surface area contributed by atoms with Gasteiger partial charge in [-0.25, -0.2) is 4.57 Å². The number of nitrogens with one attached hydrogen (secondary N) is 1. The average Bonchev–Trinajstić information content (AvgIpc) is 3.17. The summed E-state index contributed by atoms with van der Waals surface area (Å²) in [4.78, 5) is 23.0. The maximum absolute atomic E-state index is 12.8. The number of hydrogen-bond acceptors (Lipinski definition) is 5. The van der Waals surface area contributed by atoms with Crippen LogP contribution in [0.25, 0.3) is 0 Å². The lowest BCUT2D eigenvalue weighted by atomic mass is 10.0. The minimum Gasteiger partial charge on any atom is -0.387 e. The Morgan fingerprint density at radius 3 is 1.38 bits per heavy atom. The zero-order valence-corrected chi connectivity index (χ0v) is 39.9. The van der Waals surface area contributed by atoms with Gasteiger partial charge in [-0.3, -0.25) is 13.8 Å². The largest absolute Gasteiger partial charge is 0.472 e. The molecule has 9 heteroatoms. The van der Waals surface area contributed by atoms with Crippen LogP contribution in [-0.4, -0.2) is 73.4 Å². The molecule has 8 nitrogen and oxygen atoms in total. The second kappa shape index (κ2) is 41.3. The number of aliphatic hydroxyl groups is 1. The van der Waals surface area contributed by atoms with Gasteiger partial charge < -0.3 is 19.8 Å². The summed E-state index contributed by atoms with van der Waals surface area (Å²) in [5, 5.41) is 13.8. The van der Waals surface area contributed by atoms with Crippen molar-refractivity contribution in [3.05, 3.63) is 24.3 Å². The van der Waals surface area contributed by atoms with Crippen molar-refractivity contribution in [2.24, 2.45) is 0 Å². The fourth-order valence-corrected chi connectivity index (χ4v) is 7.97. The van der Waals surface area contributed by atoms with E-state index in [0.717, 1.165) is 38.5 Å². The minimum atomic E-state index is -4.34. The molecule has 0 aromatic heterocycles. The Balaban J connectivity index is 4.12. The third-order valence-electron chi connectivity index (χ3n) is 11.2. The molecule has 344 valence electrons. The molecule has 3 N–H and O–H groups in total. The molecule has 0 bridgehead atoms. The number of aliphatic hydroxyl groups excluding tert-OH is 1. The van der Waals surface area contributed by atoms with Gasteiger partial charge in [0, 0.05) is 6.42 Å². The highest BCUT2D eigenvalue weighted by Crippen LogP contribution is 2.43. The zero-order chi connectivity index (χ0) is 42.8. The summed E-state index contributed by atoms with van der Waals surface area (Å²) in [5.41, 5.74) is 0. The average molecular weight is 842 g/mol. The number of nitrogens with zero attached hydrogens (tertiary/aromatic N) is 1. The van der Waals surface area contributed by atoms with Gasteiger partial charge in [0.05, 0.1) is 39.9 Å². The number of rotatable bonds is 45. The Morgan fingerprint density at radius 2 is 0.948 bits per heavy atom. The molecule has 0 radical (unpaired) electrons. The molecule has 0 heterocycles. The predicted molar refractivity (Wildman–Crippen MR) is 249 cm³/mol. The SMILES string of the molecule is CCCCCCCCCCCCCCCCCCCCCCCC/C=C/CC/C=C/C(O)C(COP(=O)(O)OCC[N+](C)(C)C)NC(=O)CCCCCCCCCC. The topological polar surface area (TPSA) is 105 Å². The van der Waals surface area contributed by atoms with E-state index in [1.54, 1.807) is 6.08 Å². The number of carbonyl (C=O) groups is 1. The Bertz CT molecular complexity index is 1000. The second-order valence-electron chi connectivity index (χ2n) is 18.2. The Kier molecular flexibility index (Phi) is 40.6. The number of hydrogen-bond donors (Lipinski definition) is 3. The fraction of sp³-hybridized carbons (Fsp3) is 0.898. The lowest BCUT2D eigenvalue weighted by Crippen LogP contribution is -2.45. The number of quaternary nitrogens is 1. The molecule has 58 heavy (non-hydrogen) atoms. The normalized spacial score (nSPS) is 14.4.